The van der Waals surface area contributed by atoms with Gasteiger partial charge in [-0.15, -0.1) is 0 Å². The molecule has 18 nitrogen and oxygen atoms in total. The third-order valence-electron chi connectivity index (χ3n) is 14.1. The summed E-state index contributed by atoms with van der Waals surface area (Å²) in [4.78, 5) is 99.3. The van der Waals surface area contributed by atoms with E-state index in [-0.39, 0.29) is 48.3 Å². The summed E-state index contributed by atoms with van der Waals surface area (Å²) in [5.74, 6) is -4.42. The number of likely N-dealkylation sites (N-methyl/N-ethyl adjacent to an activating group) is 1. The number of hydrogen-bond donors (Lipinski definition) is 4. The molecule has 1 aromatic carbocycles. The largest absolute Gasteiger partial charge is 0.495 e. The van der Waals surface area contributed by atoms with Gasteiger partial charge in [0.15, 0.2) is 0 Å². The van der Waals surface area contributed by atoms with Gasteiger partial charge in [0, 0.05) is 75.2 Å². The van der Waals surface area contributed by atoms with E-state index in [4.69, 9.17) is 36.3 Å². The van der Waals surface area contributed by atoms with E-state index in [1.807, 2.05) is 19.1 Å². The van der Waals surface area contributed by atoms with Crippen molar-refractivity contribution in [2.75, 3.05) is 51.2 Å². The first kappa shape index (κ1) is 56.7. The first-order valence-corrected chi connectivity index (χ1v) is 25.8. The number of thioether (sulfide) groups is 1. The Morgan fingerprint density at radius 1 is 1.17 bits per heavy atom. The first-order chi connectivity index (χ1) is 33.5. The molecule has 2 fully saturated rings. The molecule has 0 aromatic heterocycles. The van der Waals surface area contributed by atoms with Crippen LogP contribution < -0.4 is 26.0 Å². The molecule has 20 heteroatoms. The molecule has 4 aliphatic heterocycles. The number of nitrogens with two attached hydrogens (primary N) is 1. The molecule has 4 aliphatic rings. The lowest BCUT2D eigenvalue weighted by atomic mass is 9.82. The van der Waals surface area contributed by atoms with Gasteiger partial charge in [-0.05, 0) is 76.6 Å². The number of nitrogens with zero attached hydrogens (tertiary/aromatic N) is 3. The van der Waals surface area contributed by atoms with Crippen LogP contribution in [0.5, 0.6) is 5.75 Å². The van der Waals surface area contributed by atoms with Gasteiger partial charge >= 0.3 is 12.1 Å². The van der Waals surface area contributed by atoms with Gasteiger partial charge in [0.2, 0.25) is 17.7 Å². The van der Waals surface area contributed by atoms with Gasteiger partial charge in [-0.2, -0.15) is 11.8 Å². The SMILES string of the molecule is C=C1C=CC(=O)N1CCC(=O)C[C@H](CCCCN)C(=O)NC(CSC)C(=O)N(C)[C@@H](C)C(=O)OC1CC(=O)N(C)c2cc(cc(OC)c2Cl)C/C(C)=C/C=C/C(C)C2(O)CC(OC(=O)N2)C(C)C2OC12C. The number of Topliss-reactive ketones (excluding diaryl/α,β-unsaturated/α-hetero) is 1. The number of epoxide rings is 1. The van der Waals surface area contributed by atoms with Crippen LogP contribution >= 0.6 is 23.4 Å². The lowest BCUT2D eigenvalue weighted by Crippen LogP contribution is -2.60. The van der Waals surface area contributed by atoms with Crippen LogP contribution in [0.3, 0.4) is 0 Å². The van der Waals surface area contributed by atoms with E-state index in [1.54, 1.807) is 58.4 Å². The van der Waals surface area contributed by atoms with Crippen LogP contribution in [-0.4, -0.2) is 144 Å². The topological polar surface area (TPSA) is 240 Å². The zero-order valence-corrected chi connectivity index (χ0v) is 43.9. The van der Waals surface area contributed by atoms with E-state index in [0.29, 0.717) is 49.4 Å². The molecule has 1 aromatic rings. The molecule has 5 rings (SSSR count). The molecular formula is C51H71ClN6O12S. The van der Waals surface area contributed by atoms with Gasteiger partial charge < -0.3 is 49.8 Å². The molecule has 4 heterocycles. The zero-order valence-electron chi connectivity index (χ0n) is 42.3. The molecular weight excluding hydrogens is 956 g/mol. The van der Waals surface area contributed by atoms with Crippen LogP contribution in [0.25, 0.3) is 0 Å². The van der Waals surface area contributed by atoms with Crippen molar-refractivity contribution in [3.8, 4) is 5.75 Å². The summed E-state index contributed by atoms with van der Waals surface area (Å²) < 4.78 is 23.9. The summed E-state index contributed by atoms with van der Waals surface area (Å²) in [6, 6.07) is 1.21. The van der Waals surface area contributed by atoms with Crippen LogP contribution in [0, 0.1) is 17.8 Å². The number of fused-ring (bicyclic) bond motifs is 5. The molecule has 0 radical (unpaired) electrons. The van der Waals surface area contributed by atoms with Gasteiger partial charge in [0.1, 0.15) is 52.2 Å². The van der Waals surface area contributed by atoms with E-state index in [1.165, 1.54) is 53.6 Å². The minimum absolute atomic E-state index is 0.00192. The number of nitrogens with one attached hydrogen (secondary N) is 2. The van der Waals surface area contributed by atoms with Gasteiger partial charge in [0.05, 0.1) is 25.3 Å². The molecule has 8 unspecified atom stereocenters. The lowest BCUT2D eigenvalue weighted by molar-refractivity contribution is -0.162. The molecule has 5 amide bonds. The number of alkyl carbamates (subject to hydrolysis) is 1. The first-order valence-electron chi connectivity index (χ1n) is 24.0. The average Bonchev–Trinajstić information content (AvgIpc) is 3.92. The normalized spacial score (nSPS) is 28.1. The lowest BCUT2D eigenvalue weighted by Gasteiger charge is -2.41. The number of methoxy groups -OCH3 is 1. The van der Waals surface area contributed by atoms with Crippen molar-refractivity contribution in [2.24, 2.45) is 23.5 Å². The van der Waals surface area contributed by atoms with Crippen molar-refractivity contribution in [1.29, 1.82) is 0 Å². The number of allylic oxidation sites excluding steroid dienone is 4. The summed E-state index contributed by atoms with van der Waals surface area (Å²) in [5, 5.41) is 17.4. The minimum Gasteiger partial charge on any atom is -0.495 e. The van der Waals surface area contributed by atoms with Gasteiger partial charge in [0.25, 0.3) is 5.91 Å². The number of amides is 5. The smallest absolute Gasteiger partial charge is 0.409 e. The standard InChI is InChI=1S/C51H71ClN6O12S/c1-29-14-13-15-30(2)51(66)27-40(68-49(65)55-51)32(4)45-50(6,70-45)41(26-43(61)57(8)38-23-34(22-29)24-39(67-9)44(38)52)69-48(64)33(5)56(7)47(63)37(28-71-10)54-46(62)35(16-11-12-20-53)25-36(59)19-21-58-31(3)17-18-42(58)60/h13-15,17-18,23-24,30,32-33,35,37,40-41,45,66H,3,11-12,16,19-22,25-28,53H2,1-2,4-10H3,(H,54,62)(H,55,65)/b15-13+,29-14+/t30?,32?,33-,35-,37?,40?,41?,45?,50?,51?/m0/s1. The highest BCUT2D eigenvalue weighted by atomic mass is 35.5. The maximum atomic E-state index is 14.4. The number of anilines is 1. The van der Waals surface area contributed by atoms with Crippen molar-refractivity contribution in [3.63, 3.8) is 0 Å². The molecule has 71 heavy (non-hydrogen) atoms. The zero-order chi connectivity index (χ0) is 52.5. The molecule has 0 aliphatic carbocycles. The summed E-state index contributed by atoms with van der Waals surface area (Å²) in [6.07, 6.45) is 8.00. The Kier molecular flexibility index (Phi) is 19.5. The molecule has 2 saturated heterocycles. The number of carbonyl (C=O) groups excluding carboxylic acids is 7. The highest BCUT2D eigenvalue weighted by Crippen LogP contribution is 2.49. The number of ketones is 1. The maximum absolute atomic E-state index is 14.4. The molecule has 0 saturated carbocycles. The van der Waals surface area contributed by atoms with Crippen molar-refractivity contribution in [3.05, 3.63) is 70.9 Å². The number of ether oxygens (including phenoxy) is 4. The summed E-state index contributed by atoms with van der Waals surface area (Å²) in [5.41, 5.74) is 5.28. The Labute approximate surface area is 426 Å². The van der Waals surface area contributed by atoms with Crippen LogP contribution in [0.2, 0.25) is 5.02 Å². The van der Waals surface area contributed by atoms with Crippen LogP contribution in [-0.2, 0) is 49.4 Å². The number of benzene rings is 1. The second-order valence-electron chi connectivity index (χ2n) is 19.3. The Morgan fingerprint density at radius 3 is 2.54 bits per heavy atom. The molecule has 0 spiro atoms. The van der Waals surface area contributed by atoms with Crippen LogP contribution in [0.15, 0.2) is 60.4 Å². The van der Waals surface area contributed by atoms with E-state index >= 15 is 0 Å². The van der Waals surface area contributed by atoms with Crippen molar-refractivity contribution in [1.82, 2.24) is 20.4 Å². The van der Waals surface area contributed by atoms with E-state index in [2.05, 4.69) is 17.2 Å². The summed E-state index contributed by atoms with van der Waals surface area (Å²) in [7, 11) is 4.43. The van der Waals surface area contributed by atoms with E-state index < -0.39 is 95.7 Å². The fraction of sp³-hybridized carbons (Fsp3) is 0.588. The molecule has 10 atom stereocenters. The number of aliphatic hydroxyl groups is 1. The fourth-order valence-corrected chi connectivity index (χ4v) is 10.1. The third kappa shape index (κ3) is 13.9. The number of halogens is 1. The Hall–Kier alpha value is -5.21. The number of unbranched alkanes of at least 4 members (excludes halogenated alkanes) is 1. The Bertz CT molecular complexity index is 2290. The van der Waals surface area contributed by atoms with Gasteiger partial charge in [-0.25, -0.2) is 9.59 Å². The van der Waals surface area contributed by atoms with Gasteiger partial charge in [-0.1, -0.05) is 62.2 Å². The monoisotopic (exact) mass is 1030 g/mol. The highest BCUT2D eigenvalue weighted by Gasteiger charge is 2.64. The summed E-state index contributed by atoms with van der Waals surface area (Å²) >= 11 is 8.13. The van der Waals surface area contributed by atoms with Crippen molar-refractivity contribution in [2.45, 2.75) is 128 Å². The number of hydrogen-bond acceptors (Lipinski definition) is 14. The second kappa shape index (κ2) is 24.5. The third-order valence-corrected chi connectivity index (χ3v) is 15.1. The van der Waals surface area contributed by atoms with Crippen molar-refractivity contribution < 1.29 is 57.6 Å². The van der Waals surface area contributed by atoms with Crippen LogP contribution in [0.4, 0.5) is 10.5 Å². The number of esters is 1. The average molecular weight is 1030 g/mol. The predicted octanol–water partition coefficient (Wildman–Crippen LogP) is 4.99. The fourth-order valence-electron chi connectivity index (χ4n) is 9.19. The van der Waals surface area contributed by atoms with Gasteiger partial charge in [-0.3, -0.25) is 29.3 Å². The summed E-state index contributed by atoms with van der Waals surface area (Å²) in [6.45, 7) is 13.0. The highest BCUT2D eigenvalue weighted by molar-refractivity contribution is 7.98. The minimum atomic E-state index is -1.68. The Morgan fingerprint density at radius 2 is 1.89 bits per heavy atom. The van der Waals surface area contributed by atoms with Crippen molar-refractivity contribution >= 4 is 70.5 Å². The number of carbonyl (C=O) groups is 7. The quantitative estimate of drug-likeness (QED) is 0.0862. The maximum Gasteiger partial charge on any atom is 0.409 e. The van der Waals surface area contributed by atoms with Crippen LogP contribution in [0.1, 0.15) is 85.1 Å². The second-order valence-corrected chi connectivity index (χ2v) is 20.6. The molecule has 4 bridgehead atoms. The Balaban J connectivity index is 1.39. The van der Waals surface area contributed by atoms with E-state index in [9.17, 15) is 38.7 Å². The molecule has 5 N–H and O–H groups in total. The molecule has 390 valence electrons. The predicted molar refractivity (Wildman–Crippen MR) is 270 cm³/mol. The number of rotatable bonds is 18. The van der Waals surface area contributed by atoms with E-state index in [0.717, 1.165) is 11.1 Å².